The van der Waals surface area contributed by atoms with E-state index in [1.54, 1.807) is 14.0 Å². The Balaban J connectivity index is 1.75. The summed E-state index contributed by atoms with van der Waals surface area (Å²) in [4.78, 5) is 24.8. The summed E-state index contributed by atoms with van der Waals surface area (Å²) in [6, 6.07) is 16.9. The molecule has 128 valence electrons. The Kier molecular flexibility index (Phi) is 4.84. The van der Waals surface area contributed by atoms with E-state index in [2.05, 4.69) is 5.32 Å². The molecule has 0 radical (unpaired) electrons. The van der Waals surface area contributed by atoms with Crippen molar-refractivity contribution in [2.75, 3.05) is 7.11 Å². The maximum absolute atomic E-state index is 12.4. The molecule has 0 bridgehead atoms. The quantitative estimate of drug-likeness (QED) is 0.779. The number of amides is 1. The highest BCUT2D eigenvalue weighted by molar-refractivity contribution is 5.82. The maximum atomic E-state index is 12.4. The first-order chi connectivity index (χ1) is 12.1. The molecule has 1 N–H and O–H groups in total. The molecule has 5 nitrogen and oxygen atoms in total. The molecule has 3 aromatic rings. The number of aromatic nitrogens is 1. The molecule has 0 aliphatic carbocycles. The molecule has 2 aromatic carbocycles. The molecule has 0 fully saturated rings. The number of para-hydroxylation sites is 1. The van der Waals surface area contributed by atoms with Crippen molar-refractivity contribution in [2.24, 2.45) is 0 Å². The molecule has 1 heterocycles. The third-order valence-corrected chi connectivity index (χ3v) is 4.13. The highest BCUT2D eigenvalue weighted by Gasteiger charge is 2.10. The molecule has 3 rings (SSSR count). The van der Waals surface area contributed by atoms with Gasteiger partial charge in [-0.25, -0.2) is 0 Å². The third kappa shape index (κ3) is 3.71. The van der Waals surface area contributed by atoms with Gasteiger partial charge in [0.2, 0.25) is 5.91 Å². The normalized spacial score (nSPS) is 10.6. The van der Waals surface area contributed by atoms with Gasteiger partial charge in [-0.2, -0.15) is 0 Å². The minimum Gasteiger partial charge on any atom is -0.497 e. The SMILES string of the molecule is COc1ccc(CNC(=O)Cn2c(=O)c(C)cc3ccccc32)cc1. The fourth-order valence-electron chi connectivity index (χ4n) is 2.77. The van der Waals surface area contributed by atoms with Crippen LogP contribution in [0.15, 0.2) is 59.4 Å². The summed E-state index contributed by atoms with van der Waals surface area (Å²) >= 11 is 0. The highest BCUT2D eigenvalue weighted by Crippen LogP contribution is 2.13. The van der Waals surface area contributed by atoms with Crippen molar-refractivity contribution >= 4 is 16.8 Å². The van der Waals surface area contributed by atoms with Gasteiger partial charge < -0.3 is 10.1 Å². The summed E-state index contributed by atoms with van der Waals surface area (Å²) in [5.41, 5.74) is 2.22. The molecule has 5 heteroatoms. The van der Waals surface area contributed by atoms with Gasteiger partial charge in [-0.1, -0.05) is 30.3 Å². The van der Waals surface area contributed by atoms with Gasteiger partial charge in [0.1, 0.15) is 12.3 Å². The minimum atomic E-state index is -0.200. The number of nitrogens with one attached hydrogen (secondary N) is 1. The van der Waals surface area contributed by atoms with Crippen LogP contribution >= 0.6 is 0 Å². The Morgan fingerprint density at radius 3 is 2.56 bits per heavy atom. The van der Waals surface area contributed by atoms with E-state index in [0.717, 1.165) is 22.2 Å². The van der Waals surface area contributed by atoms with E-state index in [1.165, 1.54) is 4.57 Å². The number of hydrogen-bond donors (Lipinski definition) is 1. The highest BCUT2D eigenvalue weighted by atomic mass is 16.5. The van der Waals surface area contributed by atoms with Crippen molar-refractivity contribution < 1.29 is 9.53 Å². The maximum Gasteiger partial charge on any atom is 0.254 e. The number of carbonyl (C=O) groups excluding carboxylic acids is 1. The number of rotatable bonds is 5. The Bertz CT molecular complexity index is 959. The largest absolute Gasteiger partial charge is 0.497 e. The predicted molar refractivity (Wildman–Crippen MR) is 97.8 cm³/mol. The fraction of sp³-hybridized carbons (Fsp3) is 0.200. The van der Waals surface area contributed by atoms with Crippen LogP contribution in [0.3, 0.4) is 0 Å². The van der Waals surface area contributed by atoms with Crippen LogP contribution in [-0.2, 0) is 17.9 Å². The number of methoxy groups -OCH3 is 1. The molecule has 0 aliphatic heterocycles. The van der Waals surface area contributed by atoms with Crippen LogP contribution in [-0.4, -0.2) is 17.6 Å². The smallest absolute Gasteiger partial charge is 0.254 e. The summed E-state index contributed by atoms with van der Waals surface area (Å²) in [7, 11) is 1.61. The van der Waals surface area contributed by atoms with Crippen LogP contribution in [0.4, 0.5) is 0 Å². The fourth-order valence-corrected chi connectivity index (χ4v) is 2.77. The molecule has 0 saturated carbocycles. The first-order valence-electron chi connectivity index (χ1n) is 8.07. The van der Waals surface area contributed by atoms with E-state index < -0.39 is 0 Å². The lowest BCUT2D eigenvalue weighted by Crippen LogP contribution is -2.32. The lowest BCUT2D eigenvalue weighted by molar-refractivity contribution is -0.121. The molecule has 1 aromatic heterocycles. The molecule has 0 spiro atoms. The van der Waals surface area contributed by atoms with Crippen molar-refractivity contribution in [1.29, 1.82) is 0 Å². The second kappa shape index (κ2) is 7.21. The molecule has 0 saturated heterocycles. The number of fused-ring (bicyclic) bond motifs is 1. The minimum absolute atomic E-state index is 0.00280. The van der Waals surface area contributed by atoms with Crippen LogP contribution < -0.4 is 15.6 Å². The lowest BCUT2D eigenvalue weighted by Gasteiger charge is -2.12. The second-order valence-corrected chi connectivity index (χ2v) is 5.90. The summed E-state index contributed by atoms with van der Waals surface area (Å²) < 4.78 is 6.64. The average Bonchev–Trinajstić information content (AvgIpc) is 2.64. The zero-order valence-corrected chi connectivity index (χ0v) is 14.3. The number of carbonyl (C=O) groups is 1. The van der Waals surface area contributed by atoms with Crippen LogP contribution in [0, 0.1) is 6.92 Å². The van der Waals surface area contributed by atoms with Crippen molar-refractivity contribution in [1.82, 2.24) is 9.88 Å². The van der Waals surface area contributed by atoms with Gasteiger partial charge in [0.15, 0.2) is 0 Å². The van der Waals surface area contributed by atoms with Crippen LogP contribution in [0.25, 0.3) is 10.9 Å². The molecule has 25 heavy (non-hydrogen) atoms. The number of ether oxygens (including phenoxy) is 1. The zero-order chi connectivity index (χ0) is 17.8. The van der Waals surface area contributed by atoms with Gasteiger partial charge in [-0.3, -0.25) is 14.2 Å². The predicted octanol–water partition coefficient (Wildman–Crippen LogP) is 2.63. The summed E-state index contributed by atoms with van der Waals surface area (Å²) in [6.07, 6.45) is 0. The molecular weight excluding hydrogens is 316 g/mol. The summed E-state index contributed by atoms with van der Waals surface area (Å²) in [5.74, 6) is 0.571. The van der Waals surface area contributed by atoms with Crippen LogP contribution in [0.5, 0.6) is 5.75 Å². The van der Waals surface area contributed by atoms with E-state index in [-0.39, 0.29) is 18.0 Å². The number of hydrogen-bond acceptors (Lipinski definition) is 3. The van der Waals surface area contributed by atoms with E-state index in [1.807, 2.05) is 54.6 Å². The van der Waals surface area contributed by atoms with Gasteiger partial charge in [0, 0.05) is 12.1 Å². The first-order valence-corrected chi connectivity index (χ1v) is 8.07. The van der Waals surface area contributed by atoms with Gasteiger partial charge >= 0.3 is 0 Å². The van der Waals surface area contributed by atoms with Gasteiger partial charge in [0.05, 0.1) is 12.6 Å². The Morgan fingerprint density at radius 2 is 1.84 bits per heavy atom. The number of aryl methyl sites for hydroxylation is 1. The van der Waals surface area contributed by atoms with E-state index >= 15 is 0 Å². The standard InChI is InChI=1S/C20H20N2O3/c1-14-11-16-5-3-4-6-18(16)22(20(14)24)13-19(23)21-12-15-7-9-17(25-2)10-8-15/h3-11H,12-13H2,1-2H3,(H,21,23). The van der Waals surface area contributed by atoms with Crippen molar-refractivity contribution in [2.45, 2.75) is 20.0 Å². The van der Waals surface area contributed by atoms with E-state index in [0.29, 0.717) is 12.1 Å². The van der Waals surface area contributed by atoms with Crippen LogP contribution in [0.1, 0.15) is 11.1 Å². The Hall–Kier alpha value is -3.08. The van der Waals surface area contributed by atoms with Crippen molar-refractivity contribution in [3.05, 3.63) is 76.1 Å². The first kappa shape index (κ1) is 16.8. The van der Waals surface area contributed by atoms with E-state index in [4.69, 9.17) is 4.74 Å². The van der Waals surface area contributed by atoms with Crippen molar-refractivity contribution in [3.8, 4) is 5.75 Å². The molecule has 0 aliphatic rings. The molecular formula is C20H20N2O3. The topological polar surface area (TPSA) is 60.3 Å². The van der Waals surface area contributed by atoms with Gasteiger partial charge in [-0.05, 0) is 42.1 Å². The third-order valence-electron chi connectivity index (χ3n) is 4.13. The number of nitrogens with zero attached hydrogens (tertiary/aromatic N) is 1. The monoisotopic (exact) mass is 336 g/mol. The van der Waals surface area contributed by atoms with E-state index in [9.17, 15) is 9.59 Å². The second-order valence-electron chi connectivity index (χ2n) is 5.90. The molecule has 0 unspecified atom stereocenters. The lowest BCUT2D eigenvalue weighted by atomic mass is 10.1. The van der Waals surface area contributed by atoms with Gasteiger partial charge in [0.25, 0.3) is 5.56 Å². The Labute approximate surface area is 145 Å². The summed E-state index contributed by atoms with van der Waals surface area (Å²) in [5, 5.41) is 3.80. The number of benzene rings is 2. The number of pyridine rings is 1. The Morgan fingerprint density at radius 1 is 1.12 bits per heavy atom. The van der Waals surface area contributed by atoms with Crippen molar-refractivity contribution in [3.63, 3.8) is 0 Å². The van der Waals surface area contributed by atoms with Crippen LogP contribution in [0.2, 0.25) is 0 Å². The molecule has 0 atom stereocenters. The average molecular weight is 336 g/mol. The van der Waals surface area contributed by atoms with Gasteiger partial charge in [-0.15, -0.1) is 0 Å². The molecule has 1 amide bonds. The summed E-state index contributed by atoms with van der Waals surface area (Å²) in [6.45, 7) is 2.17. The zero-order valence-electron chi connectivity index (χ0n) is 14.3.